The maximum absolute atomic E-state index is 6.35. The summed E-state index contributed by atoms with van der Waals surface area (Å²) in [6.07, 6.45) is 7.92. The van der Waals surface area contributed by atoms with Crippen LogP contribution < -0.4 is 4.74 Å². The molecule has 0 amide bonds. The van der Waals surface area contributed by atoms with Gasteiger partial charge in [-0.1, -0.05) is 6.42 Å². The molecule has 1 saturated carbocycles. The van der Waals surface area contributed by atoms with Gasteiger partial charge in [-0.2, -0.15) is 0 Å². The van der Waals surface area contributed by atoms with Crippen LogP contribution in [0.15, 0.2) is 29.8 Å². The fourth-order valence-electron chi connectivity index (χ4n) is 3.96. The molecule has 24 heavy (non-hydrogen) atoms. The van der Waals surface area contributed by atoms with Crippen LogP contribution in [-0.4, -0.2) is 34.8 Å². The standard InChI is InChI=1S/C19H22N2O2S/c1-2-16(3-1)21-9-6-19(7-10-21)22-13-15-12-14(4-5-17(15)23-19)18-20-8-11-24-18/h4-5,8,11-12,16H,1-3,6-7,9-10,13H2. The quantitative estimate of drug-likeness (QED) is 0.824. The third kappa shape index (κ3) is 2.55. The molecule has 126 valence electrons. The smallest absolute Gasteiger partial charge is 0.213 e. The average molecular weight is 342 g/mol. The van der Waals surface area contributed by atoms with Crippen LogP contribution in [0.3, 0.4) is 0 Å². The first-order chi connectivity index (χ1) is 11.8. The lowest BCUT2D eigenvalue weighted by molar-refractivity contribution is -0.231. The lowest BCUT2D eigenvalue weighted by Gasteiger charge is -2.47. The second kappa shape index (κ2) is 5.83. The van der Waals surface area contributed by atoms with Gasteiger partial charge in [0.25, 0.3) is 0 Å². The zero-order valence-electron chi connectivity index (χ0n) is 13.7. The van der Waals surface area contributed by atoms with Gasteiger partial charge in [0, 0.05) is 54.7 Å². The third-order valence-corrected chi connectivity index (χ3v) is 6.50. The van der Waals surface area contributed by atoms with Gasteiger partial charge in [0.15, 0.2) is 0 Å². The minimum atomic E-state index is -0.407. The highest BCUT2D eigenvalue weighted by molar-refractivity contribution is 7.13. The molecule has 0 atom stereocenters. The number of fused-ring (bicyclic) bond motifs is 1. The Balaban J connectivity index is 1.32. The molecule has 0 N–H and O–H groups in total. The Hall–Kier alpha value is -1.43. The van der Waals surface area contributed by atoms with Crippen LogP contribution >= 0.6 is 11.3 Å². The van der Waals surface area contributed by atoms with Gasteiger partial charge in [-0.25, -0.2) is 4.98 Å². The first-order valence-corrected chi connectivity index (χ1v) is 9.79. The van der Waals surface area contributed by atoms with Crippen molar-refractivity contribution in [2.45, 2.75) is 50.5 Å². The van der Waals surface area contributed by atoms with Crippen molar-refractivity contribution in [1.82, 2.24) is 9.88 Å². The fraction of sp³-hybridized carbons (Fsp3) is 0.526. The molecule has 2 aromatic rings. The molecular formula is C19H22N2O2S. The maximum Gasteiger partial charge on any atom is 0.213 e. The summed E-state index contributed by atoms with van der Waals surface area (Å²) in [7, 11) is 0. The molecule has 5 rings (SSSR count). The highest BCUT2D eigenvalue weighted by atomic mass is 32.1. The van der Waals surface area contributed by atoms with Crippen molar-refractivity contribution in [2.75, 3.05) is 13.1 Å². The minimum Gasteiger partial charge on any atom is -0.462 e. The summed E-state index contributed by atoms with van der Waals surface area (Å²) < 4.78 is 12.6. The summed E-state index contributed by atoms with van der Waals surface area (Å²) in [5, 5.41) is 3.05. The summed E-state index contributed by atoms with van der Waals surface area (Å²) in [6, 6.07) is 7.18. The van der Waals surface area contributed by atoms with Crippen molar-refractivity contribution in [1.29, 1.82) is 0 Å². The summed E-state index contributed by atoms with van der Waals surface area (Å²) in [4.78, 5) is 7.02. The van der Waals surface area contributed by atoms with Crippen molar-refractivity contribution in [3.8, 4) is 16.3 Å². The summed E-state index contributed by atoms with van der Waals surface area (Å²) >= 11 is 1.66. The Morgan fingerprint density at radius 2 is 2.08 bits per heavy atom. The molecule has 2 fully saturated rings. The Morgan fingerprint density at radius 1 is 1.21 bits per heavy atom. The van der Waals surface area contributed by atoms with Crippen molar-refractivity contribution >= 4 is 11.3 Å². The number of hydrogen-bond acceptors (Lipinski definition) is 5. The van der Waals surface area contributed by atoms with Gasteiger partial charge in [0.1, 0.15) is 10.8 Å². The Bertz CT molecular complexity index is 719. The molecule has 3 heterocycles. The predicted molar refractivity (Wildman–Crippen MR) is 94.1 cm³/mol. The average Bonchev–Trinajstić information content (AvgIpc) is 3.10. The van der Waals surface area contributed by atoms with E-state index in [4.69, 9.17) is 9.47 Å². The number of benzene rings is 1. The molecule has 0 bridgehead atoms. The Morgan fingerprint density at radius 3 is 2.79 bits per heavy atom. The van der Waals surface area contributed by atoms with Crippen LogP contribution in [0, 0.1) is 0 Å². The van der Waals surface area contributed by atoms with Crippen LogP contribution in [0.25, 0.3) is 10.6 Å². The molecule has 1 spiro atoms. The summed E-state index contributed by atoms with van der Waals surface area (Å²) in [5.41, 5.74) is 2.28. The summed E-state index contributed by atoms with van der Waals surface area (Å²) in [5.74, 6) is 0.578. The molecule has 1 aromatic carbocycles. The van der Waals surface area contributed by atoms with E-state index in [1.165, 1.54) is 19.3 Å². The van der Waals surface area contributed by atoms with Crippen LogP contribution in [-0.2, 0) is 11.3 Å². The minimum absolute atomic E-state index is 0.407. The van der Waals surface area contributed by atoms with E-state index in [2.05, 4.69) is 28.1 Å². The highest BCUT2D eigenvalue weighted by Crippen LogP contribution is 2.40. The monoisotopic (exact) mass is 342 g/mol. The zero-order chi connectivity index (χ0) is 16.0. The largest absolute Gasteiger partial charge is 0.462 e. The van der Waals surface area contributed by atoms with E-state index in [1.807, 2.05) is 11.6 Å². The van der Waals surface area contributed by atoms with Gasteiger partial charge in [-0.15, -0.1) is 11.3 Å². The lowest BCUT2D eigenvalue weighted by atomic mass is 9.89. The van der Waals surface area contributed by atoms with Gasteiger partial charge >= 0.3 is 0 Å². The topological polar surface area (TPSA) is 34.6 Å². The number of likely N-dealkylation sites (tertiary alicyclic amines) is 1. The SMILES string of the molecule is c1csc(-c2ccc3c(c2)COC2(CCN(C4CCC4)CC2)O3)n1. The molecule has 1 aromatic heterocycles. The molecule has 5 heteroatoms. The molecule has 0 radical (unpaired) electrons. The Labute approximate surface area is 146 Å². The van der Waals surface area contributed by atoms with Crippen molar-refractivity contribution < 1.29 is 9.47 Å². The maximum atomic E-state index is 6.35. The van der Waals surface area contributed by atoms with Gasteiger partial charge < -0.3 is 9.47 Å². The van der Waals surface area contributed by atoms with E-state index >= 15 is 0 Å². The number of nitrogens with zero attached hydrogens (tertiary/aromatic N) is 2. The highest BCUT2D eigenvalue weighted by Gasteiger charge is 2.42. The first kappa shape index (κ1) is 14.9. The van der Waals surface area contributed by atoms with E-state index in [-0.39, 0.29) is 0 Å². The molecule has 0 unspecified atom stereocenters. The number of rotatable bonds is 2. The number of aromatic nitrogens is 1. The molecule has 1 saturated heterocycles. The number of ether oxygens (including phenoxy) is 2. The van der Waals surface area contributed by atoms with Gasteiger partial charge in [-0.3, -0.25) is 4.90 Å². The van der Waals surface area contributed by atoms with Crippen LogP contribution in [0.2, 0.25) is 0 Å². The molecular weight excluding hydrogens is 320 g/mol. The molecule has 3 aliphatic rings. The van der Waals surface area contributed by atoms with E-state index in [0.29, 0.717) is 6.61 Å². The normalized spacial score (nSPS) is 23.5. The second-order valence-electron chi connectivity index (χ2n) is 7.08. The number of hydrogen-bond donors (Lipinski definition) is 0. The first-order valence-electron chi connectivity index (χ1n) is 8.91. The van der Waals surface area contributed by atoms with Gasteiger partial charge in [0.2, 0.25) is 5.79 Å². The van der Waals surface area contributed by atoms with E-state index < -0.39 is 5.79 Å². The summed E-state index contributed by atoms with van der Waals surface area (Å²) in [6.45, 7) is 2.83. The van der Waals surface area contributed by atoms with Crippen LogP contribution in [0.5, 0.6) is 5.75 Å². The molecule has 1 aliphatic carbocycles. The Kier molecular flexibility index (Phi) is 3.61. The molecule has 4 nitrogen and oxygen atoms in total. The van der Waals surface area contributed by atoms with Crippen molar-refractivity contribution in [3.05, 3.63) is 35.3 Å². The fourth-order valence-corrected chi connectivity index (χ4v) is 4.59. The predicted octanol–water partition coefficient (Wildman–Crippen LogP) is 4.06. The van der Waals surface area contributed by atoms with Crippen LogP contribution in [0.4, 0.5) is 0 Å². The van der Waals surface area contributed by atoms with Gasteiger partial charge in [-0.05, 0) is 31.0 Å². The number of piperidine rings is 1. The third-order valence-electron chi connectivity index (χ3n) is 5.68. The number of thiazole rings is 1. The second-order valence-corrected chi connectivity index (χ2v) is 7.98. The van der Waals surface area contributed by atoms with E-state index in [0.717, 1.165) is 53.9 Å². The van der Waals surface area contributed by atoms with E-state index in [9.17, 15) is 0 Å². The van der Waals surface area contributed by atoms with Crippen LogP contribution in [0.1, 0.15) is 37.7 Å². The van der Waals surface area contributed by atoms with Crippen molar-refractivity contribution in [3.63, 3.8) is 0 Å². The lowest BCUT2D eigenvalue weighted by Crippen LogP contribution is -2.54. The zero-order valence-corrected chi connectivity index (χ0v) is 14.6. The molecule has 2 aliphatic heterocycles. The van der Waals surface area contributed by atoms with Crippen molar-refractivity contribution in [2.24, 2.45) is 0 Å². The van der Waals surface area contributed by atoms with Gasteiger partial charge in [0.05, 0.1) is 6.61 Å². The van der Waals surface area contributed by atoms with E-state index in [1.54, 1.807) is 11.3 Å².